The second-order valence-electron chi connectivity index (χ2n) is 4.52. The summed E-state index contributed by atoms with van der Waals surface area (Å²) in [6.45, 7) is 0.550. The van der Waals surface area contributed by atoms with Crippen molar-refractivity contribution in [2.24, 2.45) is 0 Å². The maximum Gasteiger partial charge on any atom is 0.150 e. The average molecular weight is 268 g/mol. The molecule has 1 fully saturated rings. The third kappa shape index (κ3) is 2.44. The van der Waals surface area contributed by atoms with Gasteiger partial charge >= 0.3 is 0 Å². The quantitative estimate of drug-likeness (QED) is 0.907. The third-order valence-corrected chi connectivity index (χ3v) is 4.87. The molecule has 1 aromatic rings. The van der Waals surface area contributed by atoms with Crippen LogP contribution in [-0.4, -0.2) is 17.5 Å². The van der Waals surface area contributed by atoms with E-state index in [4.69, 9.17) is 5.26 Å². The van der Waals surface area contributed by atoms with E-state index in [0.29, 0.717) is 6.54 Å². The number of nitriles is 1. The molecule has 2 nitrogen and oxygen atoms in total. The van der Waals surface area contributed by atoms with Crippen LogP contribution >= 0.6 is 11.8 Å². The molecule has 1 aliphatic rings. The number of nitrogens with one attached hydrogen (secondary N) is 1. The van der Waals surface area contributed by atoms with Gasteiger partial charge in [-0.15, -0.1) is 0 Å². The molecule has 18 heavy (non-hydrogen) atoms. The zero-order valence-corrected chi connectivity index (χ0v) is 10.9. The molecular formula is C13H14F2N2S. The monoisotopic (exact) mass is 268 g/mol. The number of anilines is 1. The largest absolute Gasteiger partial charge is 0.379 e. The number of benzene rings is 1. The lowest BCUT2D eigenvalue weighted by Crippen LogP contribution is -2.40. The Bertz CT molecular complexity index is 464. The molecule has 0 radical (unpaired) electrons. The van der Waals surface area contributed by atoms with Crippen molar-refractivity contribution in [2.45, 2.75) is 24.0 Å². The van der Waals surface area contributed by atoms with Crippen LogP contribution in [0, 0.1) is 23.0 Å². The van der Waals surface area contributed by atoms with Crippen molar-refractivity contribution >= 4 is 17.4 Å². The maximum atomic E-state index is 13.6. The van der Waals surface area contributed by atoms with Gasteiger partial charge in [-0.2, -0.15) is 17.0 Å². The Morgan fingerprint density at radius 1 is 1.39 bits per heavy atom. The van der Waals surface area contributed by atoms with Crippen LogP contribution in [0.15, 0.2) is 12.1 Å². The molecule has 1 aromatic carbocycles. The molecule has 2 rings (SSSR count). The van der Waals surface area contributed by atoms with Crippen molar-refractivity contribution < 1.29 is 8.78 Å². The van der Waals surface area contributed by atoms with Crippen LogP contribution in [0.4, 0.5) is 14.5 Å². The molecule has 0 aromatic heterocycles. The van der Waals surface area contributed by atoms with Crippen molar-refractivity contribution in [3.63, 3.8) is 0 Å². The van der Waals surface area contributed by atoms with Gasteiger partial charge in [-0.05, 0) is 31.2 Å². The van der Waals surface area contributed by atoms with Crippen LogP contribution < -0.4 is 5.32 Å². The summed E-state index contributed by atoms with van der Waals surface area (Å²) >= 11 is 1.74. The lowest BCUT2D eigenvalue weighted by molar-refractivity contribution is 0.379. The van der Waals surface area contributed by atoms with E-state index in [2.05, 4.69) is 5.32 Å². The number of halogens is 2. The Hall–Kier alpha value is -1.28. The van der Waals surface area contributed by atoms with Crippen LogP contribution in [0.1, 0.15) is 24.8 Å². The lowest BCUT2D eigenvalue weighted by Gasteiger charge is -2.40. The predicted octanol–water partition coefficient (Wildman–Crippen LogP) is 3.53. The first-order chi connectivity index (χ1) is 8.60. The molecule has 0 spiro atoms. The second kappa shape index (κ2) is 5.15. The molecule has 0 amide bonds. The smallest absolute Gasteiger partial charge is 0.150 e. The molecule has 0 unspecified atom stereocenters. The SMILES string of the molecule is CSC1(CNc2c(F)cc(C#N)cc2F)CCC1. The van der Waals surface area contributed by atoms with Crippen molar-refractivity contribution in [3.8, 4) is 6.07 Å². The third-order valence-electron chi connectivity index (χ3n) is 3.46. The fourth-order valence-electron chi connectivity index (χ4n) is 2.08. The fraction of sp³-hybridized carbons (Fsp3) is 0.462. The van der Waals surface area contributed by atoms with Crippen molar-refractivity contribution in [1.29, 1.82) is 5.26 Å². The number of hydrogen-bond donors (Lipinski definition) is 1. The van der Waals surface area contributed by atoms with Gasteiger partial charge in [0.15, 0.2) is 11.6 Å². The molecule has 0 aliphatic heterocycles. The minimum absolute atomic E-state index is 0.00114. The summed E-state index contributed by atoms with van der Waals surface area (Å²) in [6.07, 6.45) is 5.33. The summed E-state index contributed by atoms with van der Waals surface area (Å²) in [6, 6.07) is 3.84. The van der Waals surface area contributed by atoms with Gasteiger partial charge in [-0.1, -0.05) is 6.42 Å². The summed E-state index contributed by atoms with van der Waals surface area (Å²) in [5.74, 6) is -1.41. The predicted molar refractivity (Wildman–Crippen MR) is 69.7 cm³/mol. The highest BCUT2D eigenvalue weighted by Gasteiger charge is 2.36. The number of hydrogen-bond acceptors (Lipinski definition) is 3. The highest BCUT2D eigenvalue weighted by Crippen LogP contribution is 2.43. The fourth-order valence-corrected chi connectivity index (χ4v) is 2.99. The molecule has 0 heterocycles. The summed E-state index contributed by atoms with van der Waals surface area (Å²) in [5.41, 5.74) is -0.131. The molecule has 0 bridgehead atoms. The van der Waals surface area contributed by atoms with Gasteiger partial charge in [0, 0.05) is 11.3 Å². The van der Waals surface area contributed by atoms with E-state index in [0.717, 1.165) is 25.0 Å². The van der Waals surface area contributed by atoms with Gasteiger partial charge in [0.2, 0.25) is 0 Å². The summed E-state index contributed by atoms with van der Waals surface area (Å²) in [7, 11) is 0. The van der Waals surface area contributed by atoms with E-state index in [-0.39, 0.29) is 16.0 Å². The molecular weight excluding hydrogens is 254 g/mol. The van der Waals surface area contributed by atoms with E-state index < -0.39 is 11.6 Å². The summed E-state index contributed by atoms with van der Waals surface area (Å²) < 4.78 is 27.4. The average Bonchev–Trinajstić information content (AvgIpc) is 2.30. The Labute approximate surface area is 109 Å². The van der Waals surface area contributed by atoms with E-state index in [1.54, 1.807) is 17.8 Å². The summed E-state index contributed by atoms with van der Waals surface area (Å²) in [5, 5.41) is 11.5. The Kier molecular flexibility index (Phi) is 3.76. The van der Waals surface area contributed by atoms with Gasteiger partial charge in [-0.3, -0.25) is 0 Å². The first-order valence-corrected chi connectivity index (χ1v) is 7.01. The first-order valence-electron chi connectivity index (χ1n) is 5.78. The second-order valence-corrected chi connectivity index (χ2v) is 5.80. The zero-order chi connectivity index (χ0) is 13.2. The summed E-state index contributed by atoms with van der Waals surface area (Å²) in [4.78, 5) is 0. The van der Waals surface area contributed by atoms with Crippen LogP contribution in [0.25, 0.3) is 0 Å². The van der Waals surface area contributed by atoms with Gasteiger partial charge in [0.25, 0.3) is 0 Å². The Morgan fingerprint density at radius 3 is 2.39 bits per heavy atom. The zero-order valence-electron chi connectivity index (χ0n) is 10.1. The molecule has 0 atom stereocenters. The minimum Gasteiger partial charge on any atom is -0.379 e. The highest BCUT2D eigenvalue weighted by atomic mass is 32.2. The molecule has 1 aliphatic carbocycles. The lowest BCUT2D eigenvalue weighted by atomic mass is 9.84. The van der Waals surface area contributed by atoms with Gasteiger partial charge in [0.05, 0.1) is 11.6 Å². The molecule has 96 valence electrons. The number of rotatable bonds is 4. The number of thioether (sulfide) groups is 1. The highest BCUT2D eigenvalue weighted by molar-refractivity contribution is 8.00. The molecule has 1 N–H and O–H groups in total. The normalized spacial score (nSPS) is 16.8. The van der Waals surface area contributed by atoms with Gasteiger partial charge < -0.3 is 5.32 Å². The standard InChI is InChI=1S/C13H14F2N2S/c1-18-13(3-2-4-13)8-17-12-10(14)5-9(7-16)6-11(12)15/h5-6,17H,2-4,8H2,1H3. The maximum absolute atomic E-state index is 13.6. The van der Waals surface area contributed by atoms with Crippen molar-refractivity contribution in [1.82, 2.24) is 0 Å². The van der Waals surface area contributed by atoms with E-state index >= 15 is 0 Å². The first kappa shape index (κ1) is 13.2. The number of nitrogens with zero attached hydrogens (tertiary/aromatic N) is 1. The Balaban J connectivity index is 2.12. The molecule has 1 saturated carbocycles. The van der Waals surface area contributed by atoms with Gasteiger partial charge in [-0.25, -0.2) is 8.78 Å². The van der Waals surface area contributed by atoms with Gasteiger partial charge in [0.1, 0.15) is 5.69 Å². The van der Waals surface area contributed by atoms with E-state index in [1.165, 1.54) is 6.42 Å². The Morgan fingerprint density at radius 2 is 2.00 bits per heavy atom. The van der Waals surface area contributed by atoms with Crippen molar-refractivity contribution in [3.05, 3.63) is 29.3 Å². The van der Waals surface area contributed by atoms with E-state index in [1.807, 2.05) is 6.26 Å². The minimum atomic E-state index is -0.706. The van der Waals surface area contributed by atoms with Crippen LogP contribution in [-0.2, 0) is 0 Å². The van der Waals surface area contributed by atoms with Crippen molar-refractivity contribution in [2.75, 3.05) is 18.1 Å². The van der Waals surface area contributed by atoms with Crippen LogP contribution in [0.2, 0.25) is 0 Å². The molecule has 0 saturated heterocycles. The van der Waals surface area contributed by atoms with Crippen LogP contribution in [0.5, 0.6) is 0 Å². The van der Waals surface area contributed by atoms with Crippen LogP contribution in [0.3, 0.4) is 0 Å². The topological polar surface area (TPSA) is 35.8 Å². The van der Waals surface area contributed by atoms with E-state index in [9.17, 15) is 8.78 Å². The molecule has 5 heteroatoms.